The van der Waals surface area contributed by atoms with E-state index in [1.807, 2.05) is 10.3 Å². The topological polar surface area (TPSA) is 62.5 Å². The summed E-state index contributed by atoms with van der Waals surface area (Å²) in [5, 5.41) is 2.85. The van der Waals surface area contributed by atoms with Gasteiger partial charge in [0.15, 0.2) is 0 Å². The van der Waals surface area contributed by atoms with Gasteiger partial charge >= 0.3 is 0 Å². The molecule has 3 heterocycles. The molecule has 0 aromatic carbocycles. The highest BCUT2D eigenvalue weighted by atomic mass is 32.1. The molecule has 2 saturated heterocycles. The molecule has 2 fully saturated rings. The normalized spacial score (nSPS) is 23.6. The van der Waals surface area contributed by atoms with Crippen molar-refractivity contribution in [2.75, 3.05) is 32.7 Å². The number of carbonyl (C=O) groups is 1. The number of rotatable bonds is 3. The second-order valence-corrected chi connectivity index (χ2v) is 6.54. The predicted molar refractivity (Wildman–Crippen MR) is 80.0 cm³/mol. The minimum atomic E-state index is 0.0956. The van der Waals surface area contributed by atoms with E-state index in [0.29, 0.717) is 18.3 Å². The SMILES string of the molecule is NCCc1nc(C(=O)N2CCCN3CCCC3C2)cs1. The fourth-order valence-electron chi connectivity index (χ4n) is 3.20. The van der Waals surface area contributed by atoms with Crippen molar-refractivity contribution in [3.63, 3.8) is 0 Å². The van der Waals surface area contributed by atoms with Crippen LogP contribution in [0.15, 0.2) is 5.38 Å². The molecule has 2 aliphatic rings. The Kier molecular flexibility index (Phi) is 4.33. The number of thiazole rings is 1. The number of amides is 1. The molecule has 1 amide bonds. The predicted octanol–water partition coefficient (Wildman–Crippen LogP) is 0.955. The summed E-state index contributed by atoms with van der Waals surface area (Å²) in [6, 6.07) is 0.559. The third-order valence-electron chi connectivity index (χ3n) is 4.22. The zero-order chi connectivity index (χ0) is 13.9. The molecule has 5 nitrogen and oxygen atoms in total. The third kappa shape index (κ3) is 2.87. The van der Waals surface area contributed by atoms with Crippen LogP contribution in [0.5, 0.6) is 0 Å². The van der Waals surface area contributed by atoms with Crippen molar-refractivity contribution in [3.8, 4) is 0 Å². The van der Waals surface area contributed by atoms with E-state index >= 15 is 0 Å². The van der Waals surface area contributed by atoms with Crippen LogP contribution < -0.4 is 5.73 Å². The van der Waals surface area contributed by atoms with Crippen LogP contribution in [0.1, 0.15) is 34.8 Å². The summed E-state index contributed by atoms with van der Waals surface area (Å²) >= 11 is 1.54. The van der Waals surface area contributed by atoms with Crippen molar-refractivity contribution in [2.24, 2.45) is 5.73 Å². The van der Waals surface area contributed by atoms with Gasteiger partial charge in [0.1, 0.15) is 5.69 Å². The molecule has 3 rings (SSSR count). The van der Waals surface area contributed by atoms with Gasteiger partial charge < -0.3 is 10.6 Å². The number of fused-ring (bicyclic) bond motifs is 1. The molecule has 1 aromatic heterocycles. The second kappa shape index (κ2) is 6.20. The van der Waals surface area contributed by atoms with Crippen molar-refractivity contribution in [3.05, 3.63) is 16.1 Å². The molecule has 1 atom stereocenters. The number of aromatic nitrogens is 1. The van der Waals surface area contributed by atoms with Gasteiger partial charge in [0.25, 0.3) is 5.91 Å². The van der Waals surface area contributed by atoms with Crippen molar-refractivity contribution in [1.82, 2.24) is 14.8 Å². The highest BCUT2D eigenvalue weighted by Gasteiger charge is 2.31. The number of hydrogen-bond donors (Lipinski definition) is 1. The van der Waals surface area contributed by atoms with E-state index in [-0.39, 0.29) is 5.91 Å². The van der Waals surface area contributed by atoms with Crippen LogP contribution in [-0.4, -0.2) is 59.5 Å². The van der Waals surface area contributed by atoms with Crippen LogP contribution >= 0.6 is 11.3 Å². The van der Waals surface area contributed by atoms with Crippen molar-refractivity contribution in [2.45, 2.75) is 31.7 Å². The number of carbonyl (C=O) groups excluding carboxylic acids is 1. The Balaban J connectivity index is 1.68. The number of nitrogens with zero attached hydrogens (tertiary/aromatic N) is 3. The zero-order valence-corrected chi connectivity index (χ0v) is 12.6. The summed E-state index contributed by atoms with van der Waals surface area (Å²) in [6.07, 6.45) is 4.32. The lowest BCUT2D eigenvalue weighted by molar-refractivity contribution is 0.0738. The van der Waals surface area contributed by atoms with Gasteiger partial charge in [-0.3, -0.25) is 9.69 Å². The van der Waals surface area contributed by atoms with Crippen LogP contribution in [0.3, 0.4) is 0 Å². The van der Waals surface area contributed by atoms with Crippen molar-refractivity contribution in [1.29, 1.82) is 0 Å². The molecule has 0 bridgehead atoms. The van der Waals surface area contributed by atoms with Gasteiger partial charge in [0, 0.05) is 37.5 Å². The van der Waals surface area contributed by atoms with Gasteiger partial charge in [0.2, 0.25) is 0 Å². The van der Waals surface area contributed by atoms with Gasteiger partial charge in [-0.15, -0.1) is 11.3 Å². The van der Waals surface area contributed by atoms with Crippen LogP contribution in [0.2, 0.25) is 0 Å². The Morgan fingerprint density at radius 3 is 3.10 bits per heavy atom. The van der Waals surface area contributed by atoms with Crippen molar-refractivity contribution >= 4 is 17.2 Å². The summed E-state index contributed by atoms with van der Waals surface area (Å²) in [4.78, 5) is 21.5. The first kappa shape index (κ1) is 14.0. The number of hydrogen-bond acceptors (Lipinski definition) is 5. The Morgan fingerprint density at radius 2 is 2.25 bits per heavy atom. The summed E-state index contributed by atoms with van der Waals surface area (Å²) < 4.78 is 0. The van der Waals surface area contributed by atoms with Crippen LogP contribution in [0.25, 0.3) is 0 Å². The van der Waals surface area contributed by atoms with E-state index in [0.717, 1.165) is 37.5 Å². The Labute approximate surface area is 123 Å². The van der Waals surface area contributed by atoms with E-state index in [1.165, 1.54) is 19.4 Å². The monoisotopic (exact) mass is 294 g/mol. The standard InChI is InChI=1S/C14H22N4OS/c15-5-4-13-16-12(10-20-13)14(19)18-8-2-7-17-6-1-3-11(17)9-18/h10-11H,1-9,15H2. The highest BCUT2D eigenvalue weighted by Crippen LogP contribution is 2.22. The first-order chi connectivity index (χ1) is 9.78. The molecule has 0 spiro atoms. The first-order valence-electron chi connectivity index (χ1n) is 7.45. The van der Waals surface area contributed by atoms with Gasteiger partial charge in [-0.2, -0.15) is 0 Å². The molecule has 0 saturated carbocycles. The fourth-order valence-corrected chi connectivity index (χ4v) is 3.99. The van der Waals surface area contributed by atoms with Gasteiger partial charge in [0.05, 0.1) is 5.01 Å². The quantitative estimate of drug-likeness (QED) is 0.902. The fraction of sp³-hybridized carbons (Fsp3) is 0.714. The molecule has 1 unspecified atom stereocenters. The molecule has 0 aliphatic carbocycles. The average Bonchev–Trinajstić information content (AvgIpc) is 3.04. The maximum atomic E-state index is 12.6. The van der Waals surface area contributed by atoms with Crippen LogP contribution in [-0.2, 0) is 6.42 Å². The minimum absolute atomic E-state index is 0.0956. The van der Waals surface area contributed by atoms with E-state index in [9.17, 15) is 4.79 Å². The lowest BCUT2D eigenvalue weighted by Gasteiger charge is -2.25. The first-order valence-corrected chi connectivity index (χ1v) is 8.33. The largest absolute Gasteiger partial charge is 0.336 e. The third-order valence-corrected chi connectivity index (χ3v) is 5.13. The molecule has 6 heteroatoms. The maximum Gasteiger partial charge on any atom is 0.273 e. The maximum absolute atomic E-state index is 12.6. The Bertz CT molecular complexity index is 475. The Morgan fingerprint density at radius 1 is 1.40 bits per heavy atom. The van der Waals surface area contributed by atoms with Gasteiger partial charge in [-0.05, 0) is 32.4 Å². The molecular weight excluding hydrogens is 272 g/mol. The molecule has 20 heavy (non-hydrogen) atoms. The van der Waals surface area contributed by atoms with E-state index < -0.39 is 0 Å². The summed E-state index contributed by atoms with van der Waals surface area (Å²) in [5.74, 6) is 0.0956. The molecular formula is C14H22N4OS. The smallest absolute Gasteiger partial charge is 0.273 e. The number of nitrogens with two attached hydrogens (primary N) is 1. The summed E-state index contributed by atoms with van der Waals surface area (Å²) in [7, 11) is 0. The average molecular weight is 294 g/mol. The van der Waals surface area contributed by atoms with Crippen molar-refractivity contribution < 1.29 is 4.79 Å². The molecule has 110 valence electrons. The van der Waals surface area contributed by atoms with Crippen LogP contribution in [0.4, 0.5) is 0 Å². The second-order valence-electron chi connectivity index (χ2n) is 5.60. The van der Waals surface area contributed by atoms with Gasteiger partial charge in [-0.1, -0.05) is 0 Å². The summed E-state index contributed by atoms with van der Waals surface area (Å²) in [6.45, 7) is 4.63. The molecule has 2 N–H and O–H groups in total. The Hall–Kier alpha value is -0.980. The van der Waals surface area contributed by atoms with E-state index in [2.05, 4.69) is 9.88 Å². The minimum Gasteiger partial charge on any atom is -0.336 e. The zero-order valence-electron chi connectivity index (χ0n) is 11.8. The molecule has 0 radical (unpaired) electrons. The van der Waals surface area contributed by atoms with Crippen LogP contribution in [0, 0.1) is 0 Å². The van der Waals surface area contributed by atoms with E-state index in [1.54, 1.807) is 11.3 Å². The molecule has 2 aliphatic heterocycles. The molecule has 1 aromatic rings. The van der Waals surface area contributed by atoms with Gasteiger partial charge in [-0.25, -0.2) is 4.98 Å². The van der Waals surface area contributed by atoms with E-state index in [4.69, 9.17) is 5.73 Å². The highest BCUT2D eigenvalue weighted by molar-refractivity contribution is 7.09. The summed E-state index contributed by atoms with van der Waals surface area (Å²) in [5.41, 5.74) is 6.14. The lowest BCUT2D eigenvalue weighted by Crippen LogP contribution is -2.39. The lowest BCUT2D eigenvalue weighted by atomic mass is 10.2.